The number of morpholine rings is 1. The highest BCUT2D eigenvalue weighted by molar-refractivity contribution is 9.10. The van der Waals surface area contributed by atoms with E-state index >= 15 is 0 Å². The third-order valence-corrected chi connectivity index (χ3v) is 4.81. The third-order valence-electron chi connectivity index (χ3n) is 4.28. The molecule has 2 aromatic carbocycles. The molecule has 1 saturated heterocycles. The van der Waals surface area contributed by atoms with Crippen molar-refractivity contribution >= 4 is 21.8 Å². The number of carbonyl (C=O) groups is 1. The van der Waals surface area contributed by atoms with Gasteiger partial charge in [-0.25, -0.2) is 0 Å². The van der Waals surface area contributed by atoms with Gasteiger partial charge in [-0.2, -0.15) is 0 Å². The van der Waals surface area contributed by atoms with E-state index in [-0.39, 0.29) is 12.0 Å². The zero-order valence-electron chi connectivity index (χ0n) is 14.2. The largest absolute Gasteiger partial charge is 0.374 e. The van der Waals surface area contributed by atoms with Crippen LogP contribution < -0.4 is 5.32 Å². The van der Waals surface area contributed by atoms with Crippen LogP contribution in [0.2, 0.25) is 0 Å². The van der Waals surface area contributed by atoms with E-state index in [4.69, 9.17) is 4.74 Å². The summed E-state index contributed by atoms with van der Waals surface area (Å²) in [7, 11) is 0. The average molecular weight is 403 g/mol. The maximum atomic E-state index is 12.1. The zero-order valence-corrected chi connectivity index (χ0v) is 15.7. The maximum absolute atomic E-state index is 12.1. The highest BCUT2D eigenvalue weighted by atomic mass is 79.9. The lowest BCUT2D eigenvalue weighted by atomic mass is 10.1. The molecule has 132 valence electrons. The van der Waals surface area contributed by atoms with E-state index in [0.717, 1.165) is 29.7 Å². The maximum Gasteiger partial charge on any atom is 0.224 e. The highest BCUT2D eigenvalue weighted by Gasteiger charge is 2.21. The summed E-state index contributed by atoms with van der Waals surface area (Å²) in [4.78, 5) is 14.5. The second kappa shape index (κ2) is 9.13. The number of rotatable bonds is 6. The molecular formula is C20H23BrN2O2. The third kappa shape index (κ3) is 5.96. The minimum absolute atomic E-state index is 0.0334. The Morgan fingerprint density at radius 2 is 1.88 bits per heavy atom. The first kappa shape index (κ1) is 18.1. The normalized spacial score (nSPS) is 18.0. The van der Waals surface area contributed by atoms with Crippen LogP contribution in [0.1, 0.15) is 11.1 Å². The molecule has 0 bridgehead atoms. The molecule has 1 aliphatic heterocycles. The first-order chi connectivity index (χ1) is 12.2. The van der Waals surface area contributed by atoms with E-state index in [9.17, 15) is 4.79 Å². The van der Waals surface area contributed by atoms with Crippen molar-refractivity contribution in [2.75, 3.05) is 26.2 Å². The number of amides is 1. The Bertz CT molecular complexity index is 676. The van der Waals surface area contributed by atoms with E-state index in [1.165, 1.54) is 5.56 Å². The van der Waals surface area contributed by atoms with Gasteiger partial charge in [0.05, 0.1) is 19.1 Å². The molecule has 0 spiro atoms. The van der Waals surface area contributed by atoms with Crippen LogP contribution in [-0.2, 0) is 22.5 Å². The summed E-state index contributed by atoms with van der Waals surface area (Å²) < 4.78 is 6.82. The van der Waals surface area contributed by atoms with Crippen molar-refractivity contribution in [2.45, 2.75) is 19.1 Å². The second-order valence-corrected chi connectivity index (χ2v) is 7.24. The van der Waals surface area contributed by atoms with E-state index in [1.807, 2.05) is 30.3 Å². The number of hydrogen-bond acceptors (Lipinski definition) is 3. The van der Waals surface area contributed by atoms with Gasteiger partial charge in [-0.3, -0.25) is 9.69 Å². The van der Waals surface area contributed by atoms with Gasteiger partial charge in [0.2, 0.25) is 5.91 Å². The molecule has 0 aromatic heterocycles. The highest BCUT2D eigenvalue weighted by Crippen LogP contribution is 2.12. The van der Waals surface area contributed by atoms with Crippen molar-refractivity contribution < 1.29 is 9.53 Å². The van der Waals surface area contributed by atoms with Crippen LogP contribution in [0.15, 0.2) is 59.1 Å². The van der Waals surface area contributed by atoms with Crippen molar-refractivity contribution in [2.24, 2.45) is 0 Å². The summed E-state index contributed by atoms with van der Waals surface area (Å²) >= 11 is 3.40. The lowest BCUT2D eigenvalue weighted by molar-refractivity contribution is -0.121. The first-order valence-corrected chi connectivity index (χ1v) is 9.37. The van der Waals surface area contributed by atoms with Crippen LogP contribution in [0.3, 0.4) is 0 Å². The van der Waals surface area contributed by atoms with Crippen LogP contribution in [-0.4, -0.2) is 43.2 Å². The number of ether oxygens (including phenoxy) is 1. The standard InChI is InChI=1S/C20H23BrN2O2/c21-18-8-6-16(7-9-18)12-20(24)22-13-19-15-23(10-11-25-19)14-17-4-2-1-3-5-17/h1-9,19H,10-15H2,(H,22,24). The molecule has 1 heterocycles. The Balaban J connectivity index is 1.43. The summed E-state index contributed by atoms with van der Waals surface area (Å²) in [6.07, 6.45) is 0.444. The minimum Gasteiger partial charge on any atom is -0.374 e. The molecule has 0 radical (unpaired) electrons. The summed E-state index contributed by atoms with van der Waals surface area (Å²) in [6.45, 7) is 3.96. The summed E-state index contributed by atoms with van der Waals surface area (Å²) in [5.41, 5.74) is 2.32. The molecule has 2 aromatic rings. The van der Waals surface area contributed by atoms with Gasteiger partial charge >= 0.3 is 0 Å². The fraction of sp³-hybridized carbons (Fsp3) is 0.350. The molecule has 3 rings (SSSR count). The smallest absolute Gasteiger partial charge is 0.224 e. The second-order valence-electron chi connectivity index (χ2n) is 6.32. The fourth-order valence-electron chi connectivity index (χ4n) is 2.97. The lowest BCUT2D eigenvalue weighted by Crippen LogP contribution is -2.47. The van der Waals surface area contributed by atoms with Crippen molar-refractivity contribution in [3.05, 3.63) is 70.2 Å². The number of halogens is 1. The minimum atomic E-state index is 0.0334. The van der Waals surface area contributed by atoms with Crippen molar-refractivity contribution in [1.29, 1.82) is 0 Å². The summed E-state index contributed by atoms with van der Waals surface area (Å²) in [6, 6.07) is 18.3. The van der Waals surface area contributed by atoms with Crippen LogP contribution >= 0.6 is 15.9 Å². The van der Waals surface area contributed by atoms with Gasteiger partial charge < -0.3 is 10.1 Å². The van der Waals surface area contributed by atoms with Crippen LogP contribution in [0.25, 0.3) is 0 Å². The van der Waals surface area contributed by atoms with Gasteiger partial charge in [-0.15, -0.1) is 0 Å². The number of nitrogens with one attached hydrogen (secondary N) is 1. The first-order valence-electron chi connectivity index (χ1n) is 8.58. The predicted octanol–water partition coefficient (Wildman–Crippen LogP) is 3.01. The molecule has 4 nitrogen and oxygen atoms in total. The molecule has 1 N–H and O–H groups in total. The average Bonchev–Trinajstić information content (AvgIpc) is 2.63. The fourth-order valence-corrected chi connectivity index (χ4v) is 3.23. The van der Waals surface area contributed by atoms with E-state index in [1.54, 1.807) is 0 Å². The zero-order chi connectivity index (χ0) is 17.5. The van der Waals surface area contributed by atoms with Gasteiger partial charge in [0.25, 0.3) is 0 Å². The Morgan fingerprint density at radius 3 is 2.64 bits per heavy atom. The van der Waals surface area contributed by atoms with Gasteiger partial charge in [-0.05, 0) is 23.3 Å². The van der Waals surface area contributed by atoms with Crippen LogP contribution in [0.5, 0.6) is 0 Å². The molecular weight excluding hydrogens is 380 g/mol. The molecule has 1 aliphatic rings. The van der Waals surface area contributed by atoms with Crippen LogP contribution in [0, 0.1) is 0 Å². The Hall–Kier alpha value is -1.69. The number of benzene rings is 2. The topological polar surface area (TPSA) is 41.6 Å². The molecule has 1 amide bonds. The molecule has 25 heavy (non-hydrogen) atoms. The summed E-state index contributed by atoms with van der Waals surface area (Å²) in [5, 5.41) is 3.00. The SMILES string of the molecule is O=C(Cc1ccc(Br)cc1)NCC1CN(Cc2ccccc2)CCO1. The summed E-state index contributed by atoms with van der Waals surface area (Å²) in [5.74, 6) is 0.0334. The number of hydrogen-bond donors (Lipinski definition) is 1. The molecule has 1 unspecified atom stereocenters. The van der Waals surface area contributed by atoms with Crippen molar-refractivity contribution in [3.63, 3.8) is 0 Å². The predicted molar refractivity (Wildman–Crippen MR) is 102 cm³/mol. The van der Waals surface area contributed by atoms with E-state index < -0.39 is 0 Å². The van der Waals surface area contributed by atoms with Crippen molar-refractivity contribution in [1.82, 2.24) is 10.2 Å². The quantitative estimate of drug-likeness (QED) is 0.807. The van der Waals surface area contributed by atoms with Gasteiger partial charge in [0.1, 0.15) is 0 Å². The van der Waals surface area contributed by atoms with Gasteiger partial charge in [0, 0.05) is 30.7 Å². The van der Waals surface area contributed by atoms with Gasteiger partial charge in [-0.1, -0.05) is 58.4 Å². The number of nitrogens with zero attached hydrogens (tertiary/aromatic N) is 1. The van der Waals surface area contributed by atoms with E-state index in [2.05, 4.69) is 50.4 Å². The molecule has 5 heteroatoms. The molecule has 1 atom stereocenters. The Kier molecular flexibility index (Phi) is 6.62. The Morgan fingerprint density at radius 1 is 1.12 bits per heavy atom. The lowest BCUT2D eigenvalue weighted by Gasteiger charge is -2.33. The molecule has 0 saturated carbocycles. The molecule has 1 fully saturated rings. The van der Waals surface area contributed by atoms with Crippen LogP contribution in [0.4, 0.5) is 0 Å². The van der Waals surface area contributed by atoms with Crippen molar-refractivity contribution in [3.8, 4) is 0 Å². The Labute approximate surface area is 157 Å². The van der Waals surface area contributed by atoms with E-state index in [0.29, 0.717) is 19.6 Å². The number of carbonyl (C=O) groups excluding carboxylic acids is 1. The monoisotopic (exact) mass is 402 g/mol. The molecule has 0 aliphatic carbocycles. The van der Waals surface area contributed by atoms with Gasteiger partial charge in [0.15, 0.2) is 0 Å².